The summed E-state index contributed by atoms with van der Waals surface area (Å²) in [5.74, 6) is 7.97. The van der Waals surface area contributed by atoms with Crippen molar-refractivity contribution in [1.29, 1.82) is 0 Å². The number of hydrazine groups is 1. The summed E-state index contributed by atoms with van der Waals surface area (Å²) in [5, 5.41) is 0. The van der Waals surface area contributed by atoms with Gasteiger partial charge in [0.05, 0.1) is 6.04 Å². The van der Waals surface area contributed by atoms with Crippen LogP contribution in [0.3, 0.4) is 0 Å². The van der Waals surface area contributed by atoms with Crippen molar-refractivity contribution in [3.63, 3.8) is 0 Å². The fourth-order valence-corrected chi connectivity index (χ4v) is 2.44. The smallest absolute Gasteiger partial charge is 0.179 e. The van der Waals surface area contributed by atoms with Gasteiger partial charge < -0.3 is 9.84 Å². The number of nitrogens with one attached hydrogen (secondary N) is 1. The number of amidine groups is 1. The second-order valence-corrected chi connectivity index (χ2v) is 4.89. The molecular formula is C14H23N3O. The van der Waals surface area contributed by atoms with Crippen molar-refractivity contribution in [3.05, 3.63) is 23.7 Å². The largest absolute Gasteiger partial charge is 0.458 e. The maximum absolute atomic E-state index is 5.69. The molecule has 1 aliphatic rings. The molecule has 0 radical (unpaired) electrons. The van der Waals surface area contributed by atoms with Crippen LogP contribution in [0.1, 0.15) is 57.0 Å². The number of aryl methyl sites for hydroxylation is 1. The van der Waals surface area contributed by atoms with Crippen molar-refractivity contribution in [2.24, 2.45) is 10.8 Å². The Kier molecular flexibility index (Phi) is 4.81. The highest BCUT2D eigenvalue weighted by Gasteiger charge is 2.14. The Morgan fingerprint density at radius 2 is 2.06 bits per heavy atom. The lowest BCUT2D eigenvalue weighted by Gasteiger charge is -2.11. The zero-order chi connectivity index (χ0) is 12.8. The van der Waals surface area contributed by atoms with Gasteiger partial charge in [0.2, 0.25) is 0 Å². The van der Waals surface area contributed by atoms with Crippen molar-refractivity contribution in [2.75, 3.05) is 0 Å². The van der Waals surface area contributed by atoms with Crippen molar-refractivity contribution in [1.82, 2.24) is 5.43 Å². The molecule has 4 heteroatoms. The lowest BCUT2D eigenvalue weighted by molar-refractivity contribution is 0.502. The van der Waals surface area contributed by atoms with Crippen LogP contribution >= 0.6 is 0 Å². The van der Waals surface area contributed by atoms with E-state index in [4.69, 9.17) is 15.3 Å². The molecule has 100 valence electrons. The first-order valence-electron chi connectivity index (χ1n) is 6.97. The SMILES string of the molecule is CCc1ccc(C(=NC2CCCCCC2)NN)o1. The van der Waals surface area contributed by atoms with E-state index in [0.717, 1.165) is 30.8 Å². The van der Waals surface area contributed by atoms with Crippen molar-refractivity contribution in [3.8, 4) is 0 Å². The molecule has 0 bridgehead atoms. The highest BCUT2D eigenvalue weighted by atomic mass is 16.3. The minimum atomic E-state index is 0.383. The maximum atomic E-state index is 5.69. The third-order valence-corrected chi connectivity index (χ3v) is 3.52. The predicted molar refractivity (Wildman–Crippen MR) is 73.4 cm³/mol. The van der Waals surface area contributed by atoms with Gasteiger partial charge in [-0.3, -0.25) is 4.99 Å². The molecule has 0 saturated heterocycles. The van der Waals surface area contributed by atoms with Crippen LogP contribution in [-0.4, -0.2) is 11.9 Å². The van der Waals surface area contributed by atoms with Gasteiger partial charge in [-0.25, -0.2) is 5.84 Å². The average Bonchev–Trinajstić information content (AvgIpc) is 2.73. The third kappa shape index (κ3) is 3.35. The van der Waals surface area contributed by atoms with Gasteiger partial charge in [0.1, 0.15) is 5.76 Å². The van der Waals surface area contributed by atoms with Crippen LogP contribution in [0.15, 0.2) is 21.5 Å². The number of hydrogen-bond donors (Lipinski definition) is 2. The van der Waals surface area contributed by atoms with E-state index in [0.29, 0.717) is 11.9 Å². The molecule has 18 heavy (non-hydrogen) atoms. The molecule has 4 nitrogen and oxygen atoms in total. The number of nitrogens with zero attached hydrogens (tertiary/aromatic N) is 1. The lowest BCUT2D eigenvalue weighted by Crippen LogP contribution is -2.32. The molecule has 0 atom stereocenters. The zero-order valence-electron chi connectivity index (χ0n) is 11.1. The summed E-state index contributed by atoms with van der Waals surface area (Å²) in [7, 11) is 0. The first-order valence-corrected chi connectivity index (χ1v) is 6.97. The van der Waals surface area contributed by atoms with E-state index in [2.05, 4.69) is 12.3 Å². The van der Waals surface area contributed by atoms with E-state index in [1.165, 1.54) is 25.7 Å². The molecule has 1 aliphatic carbocycles. The van der Waals surface area contributed by atoms with Crippen molar-refractivity contribution >= 4 is 5.84 Å². The van der Waals surface area contributed by atoms with Gasteiger partial charge in [-0.2, -0.15) is 0 Å². The van der Waals surface area contributed by atoms with E-state index in [1.54, 1.807) is 0 Å². The molecule has 0 unspecified atom stereocenters. The van der Waals surface area contributed by atoms with Gasteiger partial charge in [-0.05, 0) is 25.0 Å². The predicted octanol–water partition coefficient (Wildman–Crippen LogP) is 2.77. The van der Waals surface area contributed by atoms with E-state index in [1.807, 2.05) is 12.1 Å². The van der Waals surface area contributed by atoms with Gasteiger partial charge >= 0.3 is 0 Å². The number of nitrogens with two attached hydrogens (primary N) is 1. The van der Waals surface area contributed by atoms with E-state index in [9.17, 15) is 0 Å². The van der Waals surface area contributed by atoms with Gasteiger partial charge in [0, 0.05) is 6.42 Å². The Bertz CT molecular complexity index is 389. The van der Waals surface area contributed by atoms with E-state index >= 15 is 0 Å². The fraction of sp³-hybridized carbons (Fsp3) is 0.643. The molecule has 1 saturated carbocycles. The molecule has 1 heterocycles. The van der Waals surface area contributed by atoms with Crippen LogP contribution in [0.4, 0.5) is 0 Å². The van der Waals surface area contributed by atoms with Crippen LogP contribution in [0.25, 0.3) is 0 Å². The first kappa shape index (κ1) is 13.1. The molecule has 3 N–H and O–H groups in total. The summed E-state index contributed by atoms with van der Waals surface area (Å²) in [4.78, 5) is 4.72. The Morgan fingerprint density at radius 1 is 1.33 bits per heavy atom. The highest BCUT2D eigenvalue weighted by Crippen LogP contribution is 2.20. The van der Waals surface area contributed by atoms with Gasteiger partial charge in [0.15, 0.2) is 11.6 Å². The average molecular weight is 249 g/mol. The molecule has 0 aromatic carbocycles. The van der Waals surface area contributed by atoms with Crippen molar-refractivity contribution in [2.45, 2.75) is 57.9 Å². The summed E-state index contributed by atoms with van der Waals surface area (Å²) < 4.78 is 5.69. The Labute approximate surface area is 109 Å². The maximum Gasteiger partial charge on any atom is 0.179 e. The summed E-state index contributed by atoms with van der Waals surface area (Å²) in [6.45, 7) is 2.07. The number of aliphatic imine (C=N–C) groups is 1. The van der Waals surface area contributed by atoms with E-state index < -0.39 is 0 Å². The molecule has 1 fully saturated rings. The first-order chi connectivity index (χ1) is 8.83. The quantitative estimate of drug-likeness (QED) is 0.285. The van der Waals surface area contributed by atoms with Gasteiger partial charge in [-0.1, -0.05) is 32.6 Å². The second-order valence-electron chi connectivity index (χ2n) is 4.89. The fourth-order valence-electron chi connectivity index (χ4n) is 2.44. The molecule has 2 rings (SSSR count). The normalized spacial score (nSPS) is 18.7. The van der Waals surface area contributed by atoms with Crippen LogP contribution in [0.5, 0.6) is 0 Å². The van der Waals surface area contributed by atoms with Crippen molar-refractivity contribution < 1.29 is 4.42 Å². The van der Waals surface area contributed by atoms with Crippen LogP contribution in [0.2, 0.25) is 0 Å². The minimum Gasteiger partial charge on any atom is -0.458 e. The molecule has 1 aromatic rings. The van der Waals surface area contributed by atoms with Crippen LogP contribution < -0.4 is 11.3 Å². The van der Waals surface area contributed by atoms with Gasteiger partial charge in [-0.15, -0.1) is 0 Å². The minimum absolute atomic E-state index is 0.383. The Morgan fingerprint density at radius 3 is 2.61 bits per heavy atom. The summed E-state index contributed by atoms with van der Waals surface area (Å²) in [6.07, 6.45) is 8.41. The molecular weight excluding hydrogens is 226 g/mol. The molecule has 0 spiro atoms. The number of rotatable bonds is 3. The van der Waals surface area contributed by atoms with E-state index in [-0.39, 0.29) is 0 Å². The summed E-state index contributed by atoms with van der Waals surface area (Å²) >= 11 is 0. The zero-order valence-corrected chi connectivity index (χ0v) is 11.1. The molecule has 0 aliphatic heterocycles. The monoisotopic (exact) mass is 249 g/mol. The standard InChI is InChI=1S/C14H23N3O/c1-2-12-9-10-13(18-12)14(17-15)16-11-7-5-3-4-6-8-11/h9-11H,2-8,15H2,1H3,(H,16,17). The Balaban J connectivity index is 2.10. The lowest BCUT2D eigenvalue weighted by atomic mass is 10.1. The third-order valence-electron chi connectivity index (χ3n) is 3.52. The van der Waals surface area contributed by atoms with Gasteiger partial charge in [0.25, 0.3) is 0 Å². The van der Waals surface area contributed by atoms with Crippen LogP contribution in [-0.2, 0) is 6.42 Å². The second kappa shape index (κ2) is 6.59. The number of furan rings is 1. The summed E-state index contributed by atoms with van der Waals surface area (Å²) in [6, 6.07) is 4.30. The topological polar surface area (TPSA) is 63.5 Å². The number of hydrogen-bond acceptors (Lipinski definition) is 3. The molecule has 0 amide bonds. The molecule has 1 aromatic heterocycles. The summed E-state index contributed by atoms with van der Waals surface area (Å²) in [5.41, 5.74) is 2.68. The van der Waals surface area contributed by atoms with Crippen LogP contribution in [0, 0.1) is 0 Å². The highest BCUT2D eigenvalue weighted by molar-refractivity contribution is 5.96. The Hall–Kier alpha value is -1.29.